The van der Waals surface area contributed by atoms with Crippen LogP contribution in [0.3, 0.4) is 0 Å². The molecule has 9 heteroatoms. The summed E-state index contributed by atoms with van der Waals surface area (Å²) in [5, 5.41) is 10.9. The predicted octanol–water partition coefficient (Wildman–Crippen LogP) is 1.68. The summed E-state index contributed by atoms with van der Waals surface area (Å²) >= 11 is 0. The number of alkyl halides is 2. The molecule has 0 aliphatic carbocycles. The quantitative estimate of drug-likeness (QED) is 0.310. The fourth-order valence-corrected chi connectivity index (χ4v) is 2.56. The zero-order valence-electron chi connectivity index (χ0n) is 17.3. The second-order valence-corrected chi connectivity index (χ2v) is 6.83. The molecule has 2 rings (SSSR count). The first-order valence-electron chi connectivity index (χ1n) is 9.27. The maximum Gasteiger partial charge on any atom is 0.268 e. The first kappa shape index (κ1) is 24.4. The van der Waals surface area contributed by atoms with Crippen LogP contribution in [-0.2, 0) is 4.79 Å². The third kappa shape index (κ3) is 6.05. The molecule has 0 radical (unpaired) electrons. The van der Waals surface area contributed by atoms with Gasteiger partial charge in [-0.05, 0) is 61.1 Å². The van der Waals surface area contributed by atoms with E-state index in [1.165, 1.54) is 29.7 Å². The number of amides is 2. The Balaban J connectivity index is 2.12. The molecule has 5 N–H and O–H groups in total. The van der Waals surface area contributed by atoms with Crippen molar-refractivity contribution in [3.63, 3.8) is 0 Å². The Kier molecular flexibility index (Phi) is 8.31. The van der Waals surface area contributed by atoms with Crippen molar-refractivity contribution in [1.82, 2.24) is 10.8 Å². The third-order valence-electron chi connectivity index (χ3n) is 4.46. The predicted molar refractivity (Wildman–Crippen MR) is 113 cm³/mol. The number of nitrogens with one attached hydrogen (secondary N) is 2. The highest BCUT2D eigenvalue weighted by Crippen LogP contribution is 2.18. The summed E-state index contributed by atoms with van der Waals surface area (Å²) in [4.78, 5) is 24.1. The molecular formula is C23H21F2N3O4. The number of rotatable bonds is 6. The molecule has 2 atom stereocenters. The summed E-state index contributed by atoms with van der Waals surface area (Å²) in [5.74, 6) is 9.63. The molecule has 2 aromatic rings. The maximum atomic E-state index is 13.2. The summed E-state index contributed by atoms with van der Waals surface area (Å²) in [7, 11) is 1.55. The van der Waals surface area contributed by atoms with E-state index in [1.54, 1.807) is 19.2 Å². The van der Waals surface area contributed by atoms with Gasteiger partial charge in [0.2, 0.25) is 0 Å². The number of hydrogen-bond acceptors (Lipinski definition) is 5. The van der Waals surface area contributed by atoms with Crippen LogP contribution in [0.4, 0.5) is 8.78 Å². The van der Waals surface area contributed by atoms with Crippen molar-refractivity contribution in [3.8, 4) is 29.4 Å². The Morgan fingerprint density at radius 1 is 1.09 bits per heavy atom. The molecule has 0 saturated heterocycles. The second-order valence-electron chi connectivity index (χ2n) is 6.83. The average Bonchev–Trinajstić information content (AvgIpc) is 2.80. The van der Waals surface area contributed by atoms with Crippen LogP contribution < -0.4 is 21.3 Å². The van der Waals surface area contributed by atoms with Gasteiger partial charge in [-0.3, -0.25) is 14.8 Å². The number of carbonyl (C=O) groups excluding carboxylic acids is 2. The lowest BCUT2D eigenvalue weighted by molar-refractivity contribution is -0.134. The Hall–Kier alpha value is -3.92. The minimum atomic E-state index is -3.14. The maximum absolute atomic E-state index is 13.2. The lowest BCUT2D eigenvalue weighted by Crippen LogP contribution is -2.66. The monoisotopic (exact) mass is 441 g/mol. The Bertz CT molecular complexity index is 1090. The molecule has 2 unspecified atom stereocenters. The topological polar surface area (TPSA) is 114 Å². The van der Waals surface area contributed by atoms with Crippen molar-refractivity contribution in [3.05, 3.63) is 65.2 Å². The Labute approximate surface area is 183 Å². The van der Waals surface area contributed by atoms with Crippen LogP contribution in [-0.4, -0.2) is 42.1 Å². The van der Waals surface area contributed by atoms with Crippen LogP contribution in [0.1, 0.15) is 28.4 Å². The number of hydrogen-bond donors (Lipinski definition) is 4. The van der Waals surface area contributed by atoms with Crippen molar-refractivity contribution in [1.29, 1.82) is 0 Å². The van der Waals surface area contributed by atoms with Crippen LogP contribution in [0.2, 0.25) is 0 Å². The van der Waals surface area contributed by atoms with Crippen molar-refractivity contribution < 1.29 is 28.3 Å². The highest BCUT2D eigenvalue weighted by atomic mass is 19.3. The number of hydroxylamine groups is 1. The molecule has 0 aliphatic rings. The number of ether oxygens (including phenoxy) is 1. The lowest BCUT2D eigenvalue weighted by atomic mass is 9.92. The minimum absolute atomic E-state index is 0.0801. The van der Waals surface area contributed by atoms with Gasteiger partial charge in [0.25, 0.3) is 18.2 Å². The van der Waals surface area contributed by atoms with E-state index in [-0.39, 0.29) is 5.56 Å². The van der Waals surface area contributed by atoms with Gasteiger partial charge < -0.3 is 15.8 Å². The third-order valence-corrected chi connectivity index (χ3v) is 4.46. The van der Waals surface area contributed by atoms with Gasteiger partial charge in [-0.25, -0.2) is 14.3 Å². The van der Waals surface area contributed by atoms with E-state index in [9.17, 15) is 18.4 Å². The number of carbonyl (C=O) groups is 2. The Morgan fingerprint density at radius 2 is 1.72 bits per heavy atom. The summed E-state index contributed by atoms with van der Waals surface area (Å²) < 4.78 is 31.6. The van der Waals surface area contributed by atoms with Crippen LogP contribution in [0, 0.1) is 23.7 Å². The number of nitrogens with two attached hydrogens (primary N) is 1. The van der Waals surface area contributed by atoms with Crippen LogP contribution in [0.25, 0.3) is 0 Å². The zero-order valence-corrected chi connectivity index (χ0v) is 17.3. The molecule has 0 aliphatic heterocycles. The van der Waals surface area contributed by atoms with E-state index >= 15 is 0 Å². The van der Waals surface area contributed by atoms with E-state index in [1.807, 2.05) is 12.1 Å². The molecule has 7 nitrogen and oxygen atoms in total. The van der Waals surface area contributed by atoms with Gasteiger partial charge in [-0.15, -0.1) is 0 Å². The largest absolute Gasteiger partial charge is 0.495 e. The highest BCUT2D eigenvalue weighted by molar-refractivity contribution is 5.98. The molecule has 32 heavy (non-hydrogen) atoms. The van der Waals surface area contributed by atoms with Gasteiger partial charge in [0.1, 0.15) is 17.3 Å². The fraction of sp³-hybridized carbons (Fsp3) is 0.217. The molecule has 0 fully saturated rings. The average molecular weight is 441 g/mol. The van der Waals surface area contributed by atoms with Gasteiger partial charge in [0, 0.05) is 11.1 Å². The van der Waals surface area contributed by atoms with Gasteiger partial charge in [-0.1, -0.05) is 18.1 Å². The van der Waals surface area contributed by atoms with Crippen LogP contribution in [0.5, 0.6) is 5.75 Å². The molecule has 0 aromatic heterocycles. The highest BCUT2D eigenvalue weighted by Gasteiger charge is 2.44. The molecular weight excluding hydrogens is 420 g/mol. The number of halogens is 2. The van der Waals surface area contributed by atoms with Gasteiger partial charge in [0.05, 0.1) is 12.7 Å². The van der Waals surface area contributed by atoms with Crippen molar-refractivity contribution in [2.75, 3.05) is 7.11 Å². The zero-order chi connectivity index (χ0) is 23.7. The number of benzene rings is 2. The van der Waals surface area contributed by atoms with Crippen molar-refractivity contribution >= 4 is 11.8 Å². The normalized spacial score (nSPS) is 12.8. The van der Waals surface area contributed by atoms with Crippen molar-refractivity contribution in [2.45, 2.75) is 24.9 Å². The first-order valence-corrected chi connectivity index (χ1v) is 9.27. The molecule has 0 bridgehead atoms. The first-order chi connectivity index (χ1) is 15.2. The minimum Gasteiger partial charge on any atom is -0.495 e. The summed E-state index contributed by atoms with van der Waals surface area (Å²) in [5.41, 5.74) is 5.63. The second kappa shape index (κ2) is 10.9. The van der Waals surface area contributed by atoms with E-state index in [4.69, 9.17) is 15.7 Å². The molecule has 0 heterocycles. The summed E-state index contributed by atoms with van der Waals surface area (Å²) in [6.07, 6.45) is -3.14. The Morgan fingerprint density at radius 3 is 2.31 bits per heavy atom. The van der Waals surface area contributed by atoms with E-state index in [0.29, 0.717) is 16.9 Å². The number of para-hydroxylation sites is 1. The standard InChI is InChI=1S/C23H21F2N3O4/c1-23(26,22(24)25)19(21(30)28-31)27-20(29)17-13-11-15(12-14-17)7-3-4-8-16-9-5-6-10-18(16)32-2/h5-6,9-14,19,22,31H,26H2,1-2H3,(H,27,29)(H,28,30). The lowest BCUT2D eigenvalue weighted by Gasteiger charge is -2.32. The van der Waals surface area contributed by atoms with E-state index < -0.39 is 29.8 Å². The van der Waals surface area contributed by atoms with Crippen LogP contribution in [0.15, 0.2) is 48.5 Å². The van der Waals surface area contributed by atoms with Gasteiger partial charge in [-0.2, -0.15) is 0 Å². The molecule has 0 spiro atoms. The summed E-state index contributed by atoms with van der Waals surface area (Å²) in [6.45, 7) is 0.891. The number of methoxy groups -OCH3 is 1. The summed E-state index contributed by atoms with van der Waals surface area (Å²) in [6, 6.07) is 11.2. The van der Waals surface area contributed by atoms with E-state index in [0.717, 1.165) is 6.92 Å². The van der Waals surface area contributed by atoms with Crippen LogP contribution >= 0.6 is 0 Å². The molecule has 0 saturated carbocycles. The van der Waals surface area contributed by atoms with Crippen molar-refractivity contribution in [2.24, 2.45) is 5.73 Å². The fourth-order valence-electron chi connectivity index (χ4n) is 2.56. The SMILES string of the molecule is COc1ccccc1C#CC#Cc1ccc(C(=O)NC(C(=O)NO)C(C)(N)C(F)F)cc1. The smallest absolute Gasteiger partial charge is 0.268 e. The molecule has 2 amide bonds. The van der Waals surface area contributed by atoms with E-state index in [2.05, 4.69) is 29.0 Å². The molecule has 2 aromatic carbocycles. The molecule has 166 valence electrons. The van der Waals surface area contributed by atoms with Gasteiger partial charge in [0.15, 0.2) is 0 Å². The van der Waals surface area contributed by atoms with Gasteiger partial charge >= 0.3 is 0 Å².